The molecule has 1 aromatic heterocycles. The van der Waals surface area contributed by atoms with Crippen LogP contribution in [0.5, 0.6) is 0 Å². The number of aromatic amines is 1. The third-order valence-electron chi connectivity index (χ3n) is 4.10. The molecule has 1 aliphatic heterocycles. The fraction of sp³-hybridized carbons (Fsp3) is 0.667. The summed E-state index contributed by atoms with van der Waals surface area (Å²) in [7, 11) is 0. The van der Waals surface area contributed by atoms with Gasteiger partial charge in [0, 0.05) is 12.0 Å². The van der Waals surface area contributed by atoms with Crippen molar-refractivity contribution in [1.82, 2.24) is 14.9 Å². The molecular formula is C15H21N3O3S. The zero-order valence-electron chi connectivity index (χ0n) is 13.4. The normalized spacial score (nSPS) is 19.0. The number of carbonyl (C=O) groups is 1. The van der Waals surface area contributed by atoms with Crippen molar-refractivity contribution in [1.29, 1.82) is 0 Å². The van der Waals surface area contributed by atoms with E-state index in [0.717, 1.165) is 18.4 Å². The van der Waals surface area contributed by atoms with Crippen molar-refractivity contribution in [2.45, 2.75) is 62.9 Å². The molecule has 1 spiro atoms. The average molecular weight is 323 g/mol. The van der Waals surface area contributed by atoms with E-state index in [-0.39, 0.29) is 17.2 Å². The van der Waals surface area contributed by atoms with Crippen molar-refractivity contribution in [2.75, 3.05) is 6.26 Å². The van der Waals surface area contributed by atoms with E-state index in [2.05, 4.69) is 9.97 Å². The topological polar surface area (TPSA) is 75.3 Å². The second-order valence-electron chi connectivity index (χ2n) is 6.97. The number of hydrogen-bond donors (Lipinski definition) is 1. The van der Waals surface area contributed by atoms with E-state index in [4.69, 9.17) is 4.74 Å². The fourth-order valence-corrected chi connectivity index (χ4v) is 3.24. The summed E-state index contributed by atoms with van der Waals surface area (Å²) in [6.45, 7) is 5.92. The third-order valence-corrected chi connectivity index (χ3v) is 4.68. The molecule has 0 saturated heterocycles. The van der Waals surface area contributed by atoms with E-state index in [0.29, 0.717) is 23.8 Å². The quantitative estimate of drug-likeness (QED) is 0.634. The number of aromatic nitrogens is 2. The van der Waals surface area contributed by atoms with Crippen LogP contribution in [0.2, 0.25) is 0 Å². The lowest BCUT2D eigenvalue weighted by molar-refractivity contribution is 0.00765. The van der Waals surface area contributed by atoms with Crippen LogP contribution in [0.25, 0.3) is 0 Å². The van der Waals surface area contributed by atoms with Crippen LogP contribution in [-0.2, 0) is 17.7 Å². The zero-order chi connectivity index (χ0) is 16.1. The monoisotopic (exact) mass is 323 g/mol. The Balaban J connectivity index is 1.94. The van der Waals surface area contributed by atoms with Crippen LogP contribution in [0.4, 0.5) is 4.79 Å². The number of nitrogens with zero attached hydrogens (tertiary/aromatic N) is 2. The maximum atomic E-state index is 12.5. The molecule has 0 radical (unpaired) electrons. The lowest BCUT2D eigenvalue weighted by atomic mass is 9.97. The van der Waals surface area contributed by atoms with Crippen LogP contribution in [0, 0.1) is 0 Å². The first-order valence-corrected chi connectivity index (χ1v) is 8.63. The highest BCUT2D eigenvalue weighted by Crippen LogP contribution is 2.48. The Morgan fingerprint density at radius 3 is 2.64 bits per heavy atom. The second kappa shape index (κ2) is 5.01. The number of hydrogen-bond acceptors (Lipinski definition) is 5. The number of ether oxygens (including phenoxy) is 1. The van der Waals surface area contributed by atoms with Crippen molar-refractivity contribution in [3.63, 3.8) is 0 Å². The summed E-state index contributed by atoms with van der Waals surface area (Å²) in [4.78, 5) is 33.8. The van der Waals surface area contributed by atoms with Gasteiger partial charge in [-0.2, -0.15) is 0 Å². The summed E-state index contributed by atoms with van der Waals surface area (Å²) < 4.78 is 5.52. The van der Waals surface area contributed by atoms with Crippen molar-refractivity contribution in [3.8, 4) is 0 Å². The molecule has 120 valence electrons. The SMILES string of the molecule is CSc1nc2c(c(=O)[nH]1)CC1(CC1)N(C(=O)OC(C)(C)C)C2. The molecule has 0 aromatic carbocycles. The molecule has 0 atom stereocenters. The molecule has 22 heavy (non-hydrogen) atoms. The van der Waals surface area contributed by atoms with Crippen molar-refractivity contribution >= 4 is 17.9 Å². The molecule has 1 fully saturated rings. The van der Waals surface area contributed by atoms with Gasteiger partial charge in [0.15, 0.2) is 5.16 Å². The first-order valence-electron chi connectivity index (χ1n) is 7.41. The molecule has 1 saturated carbocycles. The van der Waals surface area contributed by atoms with Crippen LogP contribution >= 0.6 is 11.8 Å². The van der Waals surface area contributed by atoms with Gasteiger partial charge in [0.05, 0.1) is 17.8 Å². The minimum absolute atomic E-state index is 0.0792. The number of fused-ring (bicyclic) bond motifs is 1. The van der Waals surface area contributed by atoms with Crippen molar-refractivity contribution in [3.05, 3.63) is 21.6 Å². The van der Waals surface area contributed by atoms with Crippen LogP contribution in [-0.4, -0.2) is 38.4 Å². The van der Waals surface area contributed by atoms with Gasteiger partial charge in [0.25, 0.3) is 5.56 Å². The Morgan fingerprint density at radius 1 is 1.41 bits per heavy atom. The maximum absolute atomic E-state index is 12.5. The summed E-state index contributed by atoms with van der Waals surface area (Å²) in [5.74, 6) is 0. The highest BCUT2D eigenvalue weighted by Gasteiger charge is 2.54. The Labute approximate surface area is 133 Å². The number of thioether (sulfide) groups is 1. The number of amides is 1. The number of rotatable bonds is 1. The highest BCUT2D eigenvalue weighted by atomic mass is 32.2. The summed E-state index contributed by atoms with van der Waals surface area (Å²) in [6.07, 6.45) is 3.94. The van der Waals surface area contributed by atoms with Gasteiger partial charge < -0.3 is 9.72 Å². The third kappa shape index (κ3) is 2.74. The van der Waals surface area contributed by atoms with Crippen LogP contribution in [0.1, 0.15) is 44.9 Å². The van der Waals surface area contributed by atoms with Gasteiger partial charge in [0.1, 0.15) is 5.60 Å². The van der Waals surface area contributed by atoms with Gasteiger partial charge in [0.2, 0.25) is 0 Å². The lowest BCUT2D eigenvalue weighted by Crippen LogP contribution is -2.50. The van der Waals surface area contributed by atoms with Crippen LogP contribution in [0.3, 0.4) is 0 Å². The maximum Gasteiger partial charge on any atom is 0.411 e. The predicted octanol–water partition coefficient (Wildman–Crippen LogP) is 2.32. The Kier molecular flexibility index (Phi) is 3.51. The zero-order valence-corrected chi connectivity index (χ0v) is 14.2. The minimum atomic E-state index is -0.528. The van der Waals surface area contributed by atoms with Crippen LogP contribution in [0.15, 0.2) is 9.95 Å². The Morgan fingerprint density at radius 2 is 2.09 bits per heavy atom. The molecule has 1 aromatic rings. The first kappa shape index (κ1) is 15.4. The molecule has 3 rings (SSSR count). The average Bonchev–Trinajstić information content (AvgIpc) is 3.17. The van der Waals surface area contributed by atoms with Crippen molar-refractivity contribution < 1.29 is 9.53 Å². The van der Waals surface area contributed by atoms with E-state index in [1.54, 1.807) is 4.90 Å². The summed E-state index contributed by atoms with van der Waals surface area (Å²) in [5, 5.41) is 0.583. The second-order valence-corrected chi connectivity index (χ2v) is 7.76. The molecule has 2 heterocycles. The highest BCUT2D eigenvalue weighted by molar-refractivity contribution is 7.98. The fourth-order valence-electron chi connectivity index (χ4n) is 2.84. The molecule has 1 amide bonds. The minimum Gasteiger partial charge on any atom is -0.444 e. The molecule has 2 aliphatic rings. The van der Waals surface area contributed by atoms with Gasteiger partial charge in [-0.05, 0) is 39.9 Å². The number of H-pyrrole nitrogens is 1. The molecule has 0 unspecified atom stereocenters. The van der Waals surface area contributed by atoms with E-state index in [1.165, 1.54) is 11.8 Å². The number of nitrogens with one attached hydrogen (secondary N) is 1. The van der Waals surface area contributed by atoms with Gasteiger partial charge in [-0.1, -0.05) is 11.8 Å². The molecule has 6 nitrogen and oxygen atoms in total. The largest absolute Gasteiger partial charge is 0.444 e. The Hall–Kier alpha value is -1.50. The lowest BCUT2D eigenvalue weighted by Gasteiger charge is -2.37. The van der Waals surface area contributed by atoms with Gasteiger partial charge >= 0.3 is 6.09 Å². The van der Waals surface area contributed by atoms with Gasteiger partial charge in [-0.15, -0.1) is 0 Å². The molecule has 1 N–H and O–H groups in total. The van der Waals surface area contributed by atoms with Crippen LogP contribution < -0.4 is 5.56 Å². The summed E-state index contributed by atoms with van der Waals surface area (Å²) in [5.41, 5.74) is 0.556. The van der Waals surface area contributed by atoms with E-state index in [1.807, 2.05) is 27.0 Å². The first-order chi connectivity index (χ1) is 10.2. The summed E-state index contributed by atoms with van der Waals surface area (Å²) >= 11 is 1.39. The van der Waals surface area contributed by atoms with E-state index in [9.17, 15) is 9.59 Å². The summed E-state index contributed by atoms with van der Waals surface area (Å²) in [6, 6.07) is 0. The van der Waals surface area contributed by atoms with Crippen molar-refractivity contribution in [2.24, 2.45) is 0 Å². The van der Waals surface area contributed by atoms with E-state index < -0.39 is 5.60 Å². The molecule has 0 bridgehead atoms. The molecule has 7 heteroatoms. The smallest absolute Gasteiger partial charge is 0.411 e. The van der Waals surface area contributed by atoms with E-state index >= 15 is 0 Å². The number of carbonyl (C=O) groups excluding carboxylic acids is 1. The standard InChI is InChI=1S/C15H21N3O3S/c1-14(2,3)21-13(20)18-8-10-9(7-15(18)5-6-15)11(19)17-12(16-10)22-4/h5-8H2,1-4H3,(H,16,17,19). The molecule has 1 aliphatic carbocycles. The van der Waals surface area contributed by atoms with Gasteiger partial charge in [-0.3, -0.25) is 9.69 Å². The molecular weight excluding hydrogens is 302 g/mol. The van der Waals surface area contributed by atoms with Gasteiger partial charge in [-0.25, -0.2) is 9.78 Å². The predicted molar refractivity (Wildman–Crippen MR) is 84.1 cm³/mol. The Bertz CT molecular complexity index is 674.